The first-order valence-corrected chi connectivity index (χ1v) is 9.60. The number of para-hydroxylation sites is 2. The maximum atomic E-state index is 13.2. The molecule has 0 bridgehead atoms. The van der Waals surface area contributed by atoms with Gasteiger partial charge in [-0.25, -0.2) is 0 Å². The molecule has 0 saturated carbocycles. The van der Waals surface area contributed by atoms with Gasteiger partial charge >= 0.3 is 0 Å². The van der Waals surface area contributed by atoms with Crippen LogP contribution in [-0.2, 0) is 11.3 Å². The predicted octanol–water partition coefficient (Wildman–Crippen LogP) is 2.74. The van der Waals surface area contributed by atoms with Crippen LogP contribution in [-0.4, -0.2) is 34.5 Å². The number of amides is 1. The van der Waals surface area contributed by atoms with Gasteiger partial charge in [0.2, 0.25) is 5.91 Å². The molecule has 140 valence electrons. The van der Waals surface area contributed by atoms with Crippen LogP contribution in [0.25, 0.3) is 21.8 Å². The molecule has 4 rings (SSSR count). The van der Waals surface area contributed by atoms with E-state index in [1.807, 2.05) is 58.0 Å². The molecule has 1 aromatic heterocycles. The number of piperidine rings is 1. The van der Waals surface area contributed by atoms with Crippen molar-refractivity contribution in [1.82, 2.24) is 9.47 Å². The molecule has 1 fully saturated rings. The van der Waals surface area contributed by atoms with Crippen LogP contribution < -0.4 is 11.2 Å². The minimum atomic E-state index is 0.0107. The van der Waals surface area contributed by atoms with E-state index in [9.17, 15) is 9.59 Å². The predicted molar refractivity (Wildman–Crippen MR) is 109 cm³/mol. The summed E-state index contributed by atoms with van der Waals surface area (Å²) < 4.78 is 1.97. The second-order valence-corrected chi connectivity index (χ2v) is 7.56. The van der Waals surface area contributed by atoms with Gasteiger partial charge in [0, 0.05) is 29.9 Å². The molecule has 0 aliphatic carbocycles. The van der Waals surface area contributed by atoms with Crippen molar-refractivity contribution < 1.29 is 4.79 Å². The number of aromatic nitrogens is 1. The third-order valence-electron chi connectivity index (χ3n) is 5.74. The molecule has 0 spiro atoms. The lowest BCUT2D eigenvalue weighted by Gasteiger charge is -2.38. The maximum Gasteiger partial charge on any atom is 0.242 e. The number of rotatable bonds is 3. The Morgan fingerprint density at radius 1 is 1.07 bits per heavy atom. The van der Waals surface area contributed by atoms with Crippen molar-refractivity contribution in [2.75, 3.05) is 13.1 Å². The standard InChI is InChI=1S/C22H25N3O2/c1-15-10-11-24(16(12-15)13-23)21(26)14-25-19-8-4-2-6-17(19)22(27)18-7-3-5-9-20(18)25/h2-9,15-16H,10-14,23H2,1H3. The van der Waals surface area contributed by atoms with E-state index in [1.54, 1.807) is 0 Å². The normalized spacial score (nSPS) is 20.3. The van der Waals surface area contributed by atoms with Crippen molar-refractivity contribution in [1.29, 1.82) is 0 Å². The number of benzene rings is 2. The zero-order valence-electron chi connectivity index (χ0n) is 15.6. The number of likely N-dealkylation sites (tertiary alicyclic amines) is 1. The number of pyridine rings is 1. The van der Waals surface area contributed by atoms with Crippen molar-refractivity contribution in [3.05, 3.63) is 58.8 Å². The summed E-state index contributed by atoms with van der Waals surface area (Å²) in [7, 11) is 0. The van der Waals surface area contributed by atoms with Crippen LogP contribution in [0.1, 0.15) is 19.8 Å². The van der Waals surface area contributed by atoms with Gasteiger partial charge in [-0.15, -0.1) is 0 Å². The zero-order chi connectivity index (χ0) is 19.0. The number of fused-ring (bicyclic) bond motifs is 2. The average molecular weight is 363 g/mol. The van der Waals surface area contributed by atoms with Gasteiger partial charge in [-0.1, -0.05) is 31.2 Å². The third-order valence-corrected chi connectivity index (χ3v) is 5.74. The molecular formula is C22H25N3O2. The molecule has 2 N–H and O–H groups in total. The first kappa shape index (κ1) is 17.7. The third kappa shape index (κ3) is 3.12. The molecule has 1 amide bonds. The molecule has 1 saturated heterocycles. The fourth-order valence-electron chi connectivity index (χ4n) is 4.28. The number of nitrogens with zero attached hydrogens (tertiary/aromatic N) is 2. The number of carbonyl (C=O) groups excluding carboxylic acids is 1. The van der Waals surface area contributed by atoms with E-state index in [2.05, 4.69) is 6.92 Å². The Balaban J connectivity index is 1.80. The molecule has 5 heteroatoms. The average Bonchev–Trinajstić information content (AvgIpc) is 2.70. The summed E-state index contributed by atoms with van der Waals surface area (Å²) >= 11 is 0. The van der Waals surface area contributed by atoms with Gasteiger partial charge in [-0.05, 0) is 43.0 Å². The van der Waals surface area contributed by atoms with Crippen molar-refractivity contribution >= 4 is 27.7 Å². The zero-order valence-corrected chi connectivity index (χ0v) is 15.6. The van der Waals surface area contributed by atoms with Gasteiger partial charge < -0.3 is 15.2 Å². The SMILES string of the molecule is CC1CCN(C(=O)Cn2c3ccccc3c(=O)c3ccccc32)C(CN)C1. The van der Waals surface area contributed by atoms with Gasteiger partial charge in [-0.3, -0.25) is 9.59 Å². The summed E-state index contributed by atoms with van der Waals surface area (Å²) in [6, 6.07) is 15.1. The van der Waals surface area contributed by atoms with E-state index in [-0.39, 0.29) is 23.9 Å². The van der Waals surface area contributed by atoms with Crippen LogP contribution in [0.3, 0.4) is 0 Å². The van der Waals surface area contributed by atoms with Crippen molar-refractivity contribution in [2.45, 2.75) is 32.4 Å². The highest BCUT2D eigenvalue weighted by molar-refractivity contribution is 5.94. The largest absolute Gasteiger partial charge is 0.337 e. The van der Waals surface area contributed by atoms with Crippen LogP contribution in [0.4, 0.5) is 0 Å². The van der Waals surface area contributed by atoms with Gasteiger partial charge in [-0.2, -0.15) is 0 Å². The van der Waals surface area contributed by atoms with Crippen molar-refractivity contribution in [2.24, 2.45) is 11.7 Å². The van der Waals surface area contributed by atoms with Crippen LogP contribution in [0.2, 0.25) is 0 Å². The van der Waals surface area contributed by atoms with E-state index < -0.39 is 0 Å². The smallest absolute Gasteiger partial charge is 0.242 e. The highest BCUT2D eigenvalue weighted by atomic mass is 16.2. The Morgan fingerprint density at radius 2 is 1.67 bits per heavy atom. The highest BCUT2D eigenvalue weighted by Crippen LogP contribution is 2.24. The molecule has 2 unspecified atom stereocenters. The molecular weight excluding hydrogens is 338 g/mol. The van der Waals surface area contributed by atoms with E-state index in [4.69, 9.17) is 5.73 Å². The van der Waals surface area contributed by atoms with Gasteiger partial charge in [0.15, 0.2) is 5.43 Å². The number of hydrogen-bond donors (Lipinski definition) is 1. The number of carbonyl (C=O) groups is 1. The molecule has 1 aliphatic heterocycles. The lowest BCUT2D eigenvalue weighted by Crippen LogP contribution is -2.50. The first-order chi connectivity index (χ1) is 13.1. The first-order valence-electron chi connectivity index (χ1n) is 9.60. The summed E-state index contributed by atoms with van der Waals surface area (Å²) in [6.45, 7) is 3.67. The van der Waals surface area contributed by atoms with Gasteiger partial charge in [0.05, 0.1) is 11.0 Å². The molecule has 0 radical (unpaired) electrons. The quantitative estimate of drug-likeness (QED) is 0.728. The van der Waals surface area contributed by atoms with Crippen LogP contribution >= 0.6 is 0 Å². The fourth-order valence-corrected chi connectivity index (χ4v) is 4.28. The van der Waals surface area contributed by atoms with Crippen LogP contribution in [0.15, 0.2) is 53.3 Å². The Kier molecular flexibility index (Phi) is 4.70. The summed E-state index contributed by atoms with van der Waals surface area (Å²) in [5.41, 5.74) is 7.55. The van der Waals surface area contributed by atoms with Gasteiger partial charge in [0.25, 0.3) is 0 Å². The highest BCUT2D eigenvalue weighted by Gasteiger charge is 2.29. The summed E-state index contributed by atoms with van der Waals surface area (Å²) in [6.07, 6.45) is 1.96. The minimum absolute atomic E-state index is 0.0107. The molecule has 1 aliphatic rings. The van der Waals surface area contributed by atoms with Gasteiger partial charge in [0.1, 0.15) is 6.54 Å². The topological polar surface area (TPSA) is 68.3 Å². The van der Waals surface area contributed by atoms with Crippen molar-refractivity contribution in [3.63, 3.8) is 0 Å². The molecule has 2 heterocycles. The lowest BCUT2D eigenvalue weighted by atomic mass is 9.92. The van der Waals surface area contributed by atoms with Crippen LogP contribution in [0, 0.1) is 5.92 Å². The molecule has 3 aromatic rings. The van der Waals surface area contributed by atoms with E-state index >= 15 is 0 Å². The lowest BCUT2D eigenvalue weighted by molar-refractivity contribution is -0.135. The van der Waals surface area contributed by atoms with Crippen molar-refractivity contribution in [3.8, 4) is 0 Å². The Bertz CT molecular complexity index is 996. The second-order valence-electron chi connectivity index (χ2n) is 7.56. The number of nitrogens with two attached hydrogens (primary N) is 1. The van der Waals surface area contributed by atoms with E-state index in [0.717, 1.165) is 30.4 Å². The second kappa shape index (κ2) is 7.16. The maximum absolute atomic E-state index is 13.2. The monoisotopic (exact) mass is 363 g/mol. The summed E-state index contributed by atoms with van der Waals surface area (Å²) in [5, 5.41) is 1.29. The fraction of sp³-hybridized carbons (Fsp3) is 0.364. The minimum Gasteiger partial charge on any atom is -0.337 e. The summed E-state index contributed by atoms with van der Waals surface area (Å²) in [5.74, 6) is 0.660. The van der Waals surface area contributed by atoms with E-state index in [0.29, 0.717) is 23.2 Å². The van der Waals surface area contributed by atoms with E-state index in [1.165, 1.54) is 0 Å². The molecule has 27 heavy (non-hydrogen) atoms. The summed E-state index contributed by atoms with van der Waals surface area (Å²) in [4.78, 5) is 28.0. The number of hydrogen-bond acceptors (Lipinski definition) is 3. The molecule has 5 nitrogen and oxygen atoms in total. The van der Waals surface area contributed by atoms with Crippen LogP contribution in [0.5, 0.6) is 0 Å². The Morgan fingerprint density at radius 3 is 2.26 bits per heavy atom. The Labute approximate surface area is 158 Å². The Hall–Kier alpha value is -2.66. The molecule has 2 aromatic carbocycles. The molecule has 2 atom stereocenters.